The minimum Gasteiger partial charge on any atom is -0.462 e. The van der Waals surface area contributed by atoms with E-state index in [1.807, 2.05) is 11.1 Å². The first-order chi connectivity index (χ1) is 19.9. The summed E-state index contributed by atoms with van der Waals surface area (Å²) < 4.78 is 53.0. The van der Waals surface area contributed by atoms with Crippen LogP contribution >= 0.6 is 7.75 Å². The Morgan fingerprint density at radius 2 is 1.79 bits per heavy atom. The van der Waals surface area contributed by atoms with E-state index in [-0.39, 0.29) is 12.2 Å². The first-order valence-electron chi connectivity index (χ1n) is 13.2. The predicted octanol–water partition coefficient (Wildman–Crippen LogP) is 2.88. The topological polar surface area (TPSA) is 158 Å². The molecule has 14 heteroatoms. The Hall–Kier alpha value is -3.61. The summed E-state index contributed by atoms with van der Waals surface area (Å²) >= 11 is 0. The van der Waals surface area contributed by atoms with Crippen LogP contribution in [0.4, 0.5) is 4.39 Å². The maximum absolute atomic E-state index is 15.7. The van der Waals surface area contributed by atoms with Crippen LogP contribution < -0.4 is 20.9 Å². The molecule has 1 unspecified atom stereocenters. The quantitative estimate of drug-likeness (QED) is 0.207. The third-order valence-corrected chi connectivity index (χ3v) is 8.00. The number of nitrogens with one attached hydrogen (secondary N) is 2. The molecule has 4 rings (SSSR count). The molecule has 6 atom stereocenters. The van der Waals surface area contributed by atoms with Crippen molar-refractivity contribution >= 4 is 13.7 Å². The van der Waals surface area contributed by atoms with Crippen LogP contribution in [-0.4, -0.2) is 57.3 Å². The molecule has 0 amide bonds. The Morgan fingerprint density at radius 3 is 2.40 bits per heavy atom. The van der Waals surface area contributed by atoms with Gasteiger partial charge >= 0.3 is 19.4 Å². The Bertz CT molecular complexity index is 1510. The van der Waals surface area contributed by atoms with Crippen LogP contribution in [0.3, 0.4) is 0 Å². The average Bonchev–Trinajstić information content (AvgIpc) is 3.16. The van der Waals surface area contributed by atoms with Crippen molar-refractivity contribution < 1.29 is 37.4 Å². The first-order valence-corrected chi connectivity index (χ1v) is 14.8. The van der Waals surface area contributed by atoms with Gasteiger partial charge in [-0.25, -0.2) is 13.8 Å². The molecule has 2 aromatic carbocycles. The highest BCUT2D eigenvalue weighted by Crippen LogP contribution is 2.47. The number of alkyl halides is 1. The highest BCUT2D eigenvalue weighted by atomic mass is 31.2. The molecule has 0 radical (unpaired) electrons. The van der Waals surface area contributed by atoms with Gasteiger partial charge in [0.05, 0.1) is 12.7 Å². The molecular formula is C28H33FN3O9P. The lowest BCUT2D eigenvalue weighted by Crippen LogP contribution is -2.44. The molecule has 3 aromatic rings. The number of aliphatic hydroxyl groups is 1. The van der Waals surface area contributed by atoms with E-state index >= 15 is 4.39 Å². The van der Waals surface area contributed by atoms with E-state index in [0.717, 1.165) is 29.3 Å². The van der Waals surface area contributed by atoms with Crippen LogP contribution in [0.5, 0.6) is 5.75 Å². The maximum Gasteiger partial charge on any atom is 0.459 e. The first kappa shape index (κ1) is 31.3. The summed E-state index contributed by atoms with van der Waals surface area (Å²) in [5, 5.41) is 13.4. The van der Waals surface area contributed by atoms with E-state index in [2.05, 4.69) is 5.09 Å². The smallest absolute Gasteiger partial charge is 0.459 e. The van der Waals surface area contributed by atoms with Crippen molar-refractivity contribution in [1.82, 2.24) is 14.6 Å². The number of aromatic nitrogens is 2. The van der Waals surface area contributed by atoms with Crippen LogP contribution in [0.25, 0.3) is 0 Å². The van der Waals surface area contributed by atoms with Crippen molar-refractivity contribution in [2.24, 2.45) is 0 Å². The van der Waals surface area contributed by atoms with Crippen molar-refractivity contribution in [3.05, 3.63) is 99.3 Å². The summed E-state index contributed by atoms with van der Waals surface area (Å²) in [4.78, 5) is 38.8. The molecule has 0 bridgehead atoms. The second-order valence-electron chi connectivity index (χ2n) is 10.2. The monoisotopic (exact) mass is 605 g/mol. The SMILES string of the molecule is CC(C)OC(=O)[C@@H](Cc1ccccc1)NP(=O)(OC[C@H]1O[C@@H](n2ccc(=O)[nH]c2=O)[C@@](C)(F)[C@@H]1O)Oc1ccccc1. The number of aliphatic hydroxyl groups excluding tert-OH is 1. The van der Waals surface area contributed by atoms with Gasteiger partial charge in [-0.1, -0.05) is 48.5 Å². The lowest BCUT2D eigenvalue weighted by molar-refractivity contribution is -0.149. The second kappa shape index (κ2) is 13.1. The van der Waals surface area contributed by atoms with Gasteiger partial charge in [0.1, 0.15) is 24.0 Å². The fourth-order valence-corrected chi connectivity index (χ4v) is 5.88. The van der Waals surface area contributed by atoms with Crippen LogP contribution in [0, 0.1) is 0 Å². The number of carbonyl (C=O) groups is 1. The second-order valence-corrected chi connectivity index (χ2v) is 11.9. The average molecular weight is 606 g/mol. The van der Waals surface area contributed by atoms with Gasteiger partial charge in [0.2, 0.25) is 0 Å². The maximum atomic E-state index is 15.7. The molecule has 3 N–H and O–H groups in total. The lowest BCUT2D eigenvalue weighted by Gasteiger charge is -2.27. The Kier molecular flexibility index (Phi) is 9.80. The van der Waals surface area contributed by atoms with Crippen molar-refractivity contribution in [2.75, 3.05) is 6.61 Å². The van der Waals surface area contributed by atoms with Crippen LogP contribution in [0.2, 0.25) is 0 Å². The normalized spacial score (nSPS) is 24.2. The highest BCUT2D eigenvalue weighted by molar-refractivity contribution is 7.52. The minimum absolute atomic E-state index is 0.0696. The molecule has 1 fully saturated rings. The van der Waals surface area contributed by atoms with Crippen molar-refractivity contribution in [2.45, 2.75) is 63.4 Å². The number of halogens is 1. The van der Waals surface area contributed by atoms with Gasteiger partial charge in [-0.3, -0.25) is 23.7 Å². The minimum atomic E-state index is -4.44. The number of para-hydroxylation sites is 1. The number of nitrogens with zero attached hydrogens (tertiary/aromatic N) is 1. The standard InChI is InChI=1S/C28H33FN3O9P/c1-18(2)39-25(35)21(16-19-10-6-4-7-11-19)31-42(37,41-20-12-8-5-9-13-20)38-17-22-24(34)28(3,29)26(40-22)32-15-14-23(33)30-27(32)36/h4-15,18,21-22,24,26,34H,16-17H2,1-3H3,(H,31,37)(H,30,33,36)/t21-,22-,24-,26-,28+,42?/m1/s1. The fraction of sp³-hybridized carbons (Fsp3) is 0.393. The van der Waals surface area contributed by atoms with Gasteiger partial charge < -0.3 is 19.1 Å². The molecule has 226 valence electrons. The summed E-state index contributed by atoms with van der Waals surface area (Å²) in [5.41, 5.74) is -3.41. The largest absolute Gasteiger partial charge is 0.462 e. The number of benzene rings is 2. The zero-order valence-corrected chi connectivity index (χ0v) is 24.1. The van der Waals surface area contributed by atoms with Gasteiger partial charge in [0.15, 0.2) is 11.9 Å². The molecule has 0 saturated carbocycles. The van der Waals surface area contributed by atoms with Gasteiger partial charge in [0.25, 0.3) is 5.56 Å². The zero-order valence-electron chi connectivity index (χ0n) is 23.2. The van der Waals surface area contributed by atoms with Crippen molar-refractivity contribution in [3.8, 4) is 5.75 Å². The fourth-order valence-electron chi connectivity index (χ4n) is 4.38. The molecule has 1 saturated heterocycles. The number of hydrogen-bond donors (Lipinski definition) is 3. The number of aromatic amines is 1. The van der Waals surface area contributed by atoms with E-state index in [0.29, 0.717) is 0 Å². The molecule has 12 nitrogen and oxygen atoms in total. The van der Waals surface area contributed by atoms with Gasteiger partial charge in [-0.05, 0) is 44.9 Å². The summed E-state index contributed by atoms with van der Waals surface area (Å²) in [5.74, 6) is -0.565. The van der Waals surface area contributed by atoms with E-state index < -0.39 is 67.8 Å². The van der Waals surface area contributed by atoms with Crippen LogP contribution in [0.1, 0.15) is 32.6 Å². The van der Waals surface area contributed by atoms with Gasteiger partial charge in [0, 0.05) is 12.3 Å². The summed E-state index contributed by atoms with van der Waals surface area (Å²) in [7, 11) is -4.44. The van der Waals surface area contributed by atoms with Crippen LogP contribution in [-0.2, 0) is 29.8 Å². The molecule has 2 heterocycles. The van der Waals surface area contributed by atoms with Crippen molar-refractivity contribution in [3.63, 3.8) is 0 Å². The molecule has 1 aliphatic rings. The van der Waals surface area contributed by atoms with E-state index in [9.17, 15) is 24.1 Å². The Labute approximate surface area is 241 Å². The van der Waals surface area contributed by atoms with Gasteiger partial charge in [-0.15, -0.1) is 0 Å². The Balaban J connectivity index is 1.59. The molecule has 42 heavy (non-hydrogen) atoms. The number of rotatable bonds is 12. The van der Waals surface area contributed by atoms with E-state index in [1.54, 1.807) is 56.3 Å². The molecule has 1 aromatic heterocycles. The number of hydrogen-bond acceptors (Lipinski definition) is 9. The van der Waals surface area contributed by atoms with Crippen molar-refractivity contribution in [1.29, 1.82) is 0 Å². The highest BCUT2D eigenvalue weighted by Gasteiger charge is 2.56. The molecule has 1 aliphatic heterocycles. The predicted molar refractivity (Wildman–Crippen MR) is 150 cm³/mol. The van der Waals surface area contributed by atoms with Gasteiger partial charge in [-0.2, -0.15) is 5.09 Å². The Morgan fingerprint density at radius 1 is 1.14 bits per heavy atom. The van der Waals surface area contributed by atoms with E-state index in [4.69, 9.17) is 18.5 Å². The summed E-state index contributed by atoms with van der Waals surface area (Å²) in [6, 6.07) is 16.8. The zero-order chi connectivity index (χ0) is 30.5. The lowest BCUT2D eigenvalue weighted by atomic mass is 9.98. The number of H-pyrrole nitrogens is 1. The van der Waals surface area contributed by atoms with Crippen LogP contribution in [0.15, 0.2) is 82.5 Å². The number of ether oxygens (including phenoxy) is 2. The molecule has 0 aliphatic carbocycles. The number of esters is 1. The van der Waals surface area contributed by atoms with E-state index in [1.165, 1.54) is 12.1 Å². The summed E-state index contributed by atoms with van der Waals surface area (Å²) in [6.45, 7) is 3.70. The molecular weight excluding hydrogens is 572 g/mol. The third-order valence-electron chi connectivity index (χ3n) is 6.43. The summed E-state index contributed by atoms with van der Waals surface area (Å²) in [6.07, 6.45) is -4.25. The third kappa shape index (κ3) is 7.61. The molecule has 0 spiro atoms. The number of carbonyl (C=O) groups excluding carboxylic acids is 1.